The molecule has 10 heteroatoms. The summed E-state index contributed by atoms with van der Waals surface area (Å²) < 4.78 is 12.9. The van der Waals surface area contributed by atoms with E-state index in [1.165, 1.54) is 6.33 Å². The van der Waals surface area contributed by atoms with Crippen molar-refractivity contribution in [3.63, 3.8) is 0 Å². The number of nitrogen functional groups attached to an aromatic ring is 2. The van der Waals surface area contributed by atoms with Crippen LogP contribution in [0, 0.1) is 0 Å². The van der Waals surface area contributed by atoms with Crippen LogP contribution >= 0.6 is 0 Å². The van der Waals surface area contributed by atoms with Crippen LogP contribution in [0.25, 0.3) is 11.2 Å². The maximum absolute atomic E-state index is 10.2. The molecule has 21 heavy (non-hydrogen) atoms. The Labute approximate surface area is 118 Å². The van der Waals surface area contributed by atoms with Crippen molar-refractivity contribution in [1.29, 1.82) is 0 Å². The van der Waals surface area contributed by atoms with Gasteiger partial charge in [0.25, 0.3) is 0 Å². The SMILES string of the molecule is Nc1nc(N)c2ncn([C@@H]3O[C@@]4(CO)CO[C@H]3C4O)c2n1. The molecule has 2 aromatic rings. The van der Waals surface area contributed by atoms with E-state index in [-0.39, 0.29) is 25.0 Å². The first-order chi connectivity index (χ1) is 10.1. The predicted octanol–water partition coefficient (Wildman–Crippen LogP) is -1.99. The van der Waals surface area contributed by atoms with Gasteiger partial charge in [-0.15, -0.1) is 0 Å². The molecule has 4 atom stereocenters. The van der Waals surface area contributed by atoms with Gasteiger partial charge in [-0.2, -0.15) is 9.97 Å². The van der Waals surface area contributed by atoms with Crippen LogP contribution in [0.3, 0.4) is 0 Å². The van der Waals surface area contributed by atoms with Crippen molar-refractivity contribution in [3.05, 3.63) is 6.33 Å². The molecule has 4 rings (SSSR count). The van der Waals surface area contributed by atoms with Crippen molar-refractivity contribution in [2.24, 2.45) is 0 Å². The lowest BCUT2D eigenvalue weighted by Crippen LogP contribution is -2.44. The third-order valence-electron chi connectivity index (χ3n) is 4.01. The molecule has 2 bridgehead atoms. The number of ether oxygens (including phenoxy) is 2. The minimum absolute atomic E-state index is 0.0169. The number of aliphatic hydroxyl groups is 2. The summed E-state index contributed by atoms with van der Waals surface area (Å²) in [6.07, 6.45) is -0.741. The second kappa shape index (κ2) is 4.01. The number of nitrogens with zero attached hydrogens (tertiary/aromatic N) is 4. The van der Waals surface area contributed by atoms with Crippen LogP contribution in [0.5, 0.6) is 0 Å². The maximum atomic E-state index is 10.2. The largest absolute Gasteiger partial charge is 0.393 e. The molecule has 1 unspecified atom stereocenters. The molecule has 2 fully saturated rings. The van der Waals surface area contributed by atoms with Crippen LogP contribution < -0.4 is 11.5 Å². The van der Waals surface area contributed by atoms with E-state index >= 15 is 0 Å². The third-order valence-corrected chi connectivity index (χ3v) is 4.01. The van der Waals surface area contributed by atoms with Gasteiger partial charge >= 0.3 is 0 Å². The second-order valence-electron chi connectivity index (χ2n) is 5.24. The van der Waals surface area contributed by atoms with Crippen LogP contribution in [0.15, 0.2) is 6.33 Å². The fraction of sp³-hybridized carbons (Fsp3) is 0.545. The molecule has 4 heterocycles. The Hall–Kier alpha value is -2.01. The van der Waals surface area contributed by atoms with Gasteiger partial charge in [0.05, 0.1) is 19.5 Å². The van der Waals surface area contributed by atoms with Gasteiger partial charge in [0.2, 0.25) is 5.95 Å². The monoisotopic (exact) mass is 294 g/mol. The average Bonchev–Trinajstić information content (AvgIpc) is 3.09. The lowest BCUT2D eigenvalue weighted by Gasteiger charge is -2.29. The molecule has 6 N–H and O–H groups in total. The second-order valence-corrected chi connectivity index (χ2v) is 5.24. The summed E-state index contributed by atoms with van der Waals surface area (Å²) in [5.74, 6) is 0.181. The fourth-order valence-corrected chi connectivity index (χ4v) is 2.90. The first kappa shape index (κ1) is 12.7. The molecular weight excluding hydrogens is 280 g/mol. The molecule has 0 amide bonds. The lowest BCUT2D eigenvalue weighted by molar-refractivity contribution is -0.185. The predicted molar refractivity (Wildman–Crippen MR) is 69.8 cm³/mol. The molecule has 10 nitrogen and oxygen atoms in total. The van der Waals surface area contributed by atoms with E-state index in [9.17, 15) is 10.2 Å². The minimum Gasteiger partial charge on any atom is -0.393 e. The van der Waals surface area contributed by atoms with Crippen LogP contribution in [0.4, 0.5) is 11.8 Å². The zero-order chi connectivity index (χ0) is 14.8. The molecular formula is C11H14N6O4. The maximum Gasteiger partial charge on any atom is 0.224 e. The summed E-state index contributed by atoms with van der Waals surface area (Å²) in [6.45, 7) is -0.204. The zero-order valence-corrected chi connectivity index (χ0v) is 10.9. The fourth-order valence-electron chi connectivity index (χ4n) is 2.90. The van der Waals surface area contributed by atoms with Crippen molar-refractivity contribution in [1.82, 2.24) is 19.5 Å². The standard InChI is InChI=1S/C11H14N6O4/c12-7-4-8(16-10(13)15-7)17(3-14-4)9-5-6(19)11(1-18,21-9)2-20-5/h3,5-6,9,18-19H,1-2H2,(H4,12,13,15,16)/t5-,6?,9+,11-/m0/s1. The van der Waals surface area contributed by atoms with E-state index in [0.29, 0.717) is 11.2 Å². The van der Waals surface area contributed by atoms with E-state index in [4.69, 9.17) is 20.9 Å². The number of aromatic nitrogens is 4. The summed E-state index contributed by atoms with van der Waals surface area (Å²) in [5, 5.41) is 19.7. The normalized spacial score (nSPS) is 34.9. The van der Waals surface area contributed by atoms with E-state index in [1.54, 1.807) is 4.57 Å². The lowest BCUT2D eigenvalue weighted by atomic mass is 10.0. The number of rotatable bonds is 2. The van der Waals surface area contributed by atoms with E-state index < -0.39 is 24.0 Å². The number of anilines is 2. The molecule has 2 aromatic heterocycles. The van der Waals surface area contributed by atoms with Crippen molar-refractivity contribution >= 4 is 22.9 Å². The van der Waals surface area contributed by atoms with Gasteiger partial charge in [0.1, 0.15) is 23.3 Å². The highest BCUT2D eigenvalue weighted by Crippen LogP contribution is 2.45. The van der Waals surface area contributed by atoms with Crippen LogP contribution in [-0.2, 0) is 9.47 Å². The highest BCUT2D eigenvalue weighted by Gasteiger charge is 2.61. The Morgan fingerprint density at radius 2 is 2.24 bits per heavy atom. The summed E-state index contributed by atoms with van der Waals surface area (Å²) in [5.41, 5.74) is 11.0. The van der Waals surface area contributed by atoms with Gasteiger partial charge < -0.3 is 31.2 Å². The highest BCUT2D eigenvalue weighted by atomic mass is 16.7. The third kappa shape index (κ3) is 1.52. The zero-order valence-electron chi connectivity index (χ0n) is 10.9. The van der Waals surface area contributed by atoms with Crippen molar-refractivity contribution < 1.29 is 19.7 Å². The first-order valence-electron chi connectivity index (χ1n) is 6.39. The smallest absolute Gasteiger partial charge is 0.224 e. The van der Waals surface area contributed by atoms with E-state index in [0.717, 1.165) is 0 Å². The molecule has 2 aliphatic rings. The van der Waals surface area contributed by atoms with Crippen LogP contribution in [0.1, 0.15) is 6.23 Å². The van der Waals surface area contributed by atoms with E-state index in [1.807, 2.05) is 0 Å². The summed E-state index contributed by atoms with van der Waals surface area (Å²) in [4.78, 5) is 12.1. The van der Waals surface area contributed by atoms with Gasteiger partial charge in [0, 0.05) is 0 Å². The Morgan fingerprint density at radius 1 is 1.43 bits per heavy atom. The number of hydrogen-bond donors (Lipinski definition) is 4. The highest BCUT2D eigenvalue weighted by molar-refractivity contribution is 5.82. The summed E-state index contributed by atoms with van der Waals surface area (Å²) >= 11 is 0. The average molecular weight is 294 g/mol. The van der Waals surface area contributed by atoms with Crippen LogP contribution in [-0.4, -0.2) is 60.8 Å². The van der Waals surface area contributed by atoms with Gasteiger partial charge in [-0.25, -0.2) is 4.98 Å². The Morgan fingerprint density at radius 3 is 2.95 bits per heavy atom. The summed E-state index contributed by atoms with van der Waals surface area (Å²) in [7, 11) is 0. The van der Waals surface area contributed by atoms with Crippen molar-refractivity contribution in [3.8, 4) is 0 Å². The van der Waals surface area contributed by atoms with Gasteiger partial charge in [-0.05, 0) is 0 Å². The molecule has 0 aromatic carbocycles. The molecule has 0 aliphatic carbocycles. The summed E-state index contributed by atoms with van der Waals surface area (Å²) in [6, 6.07) is 0. The number of imidazole rings is 1. The Balaban J connectivity index is 1.82. The van der Waals surface area contributed by atoms with Crippen molar-refractivity contribution in [2.75, 3.05) is 24.7 Å². The minimum atomic E-state index is -1.12. The quantitative estimate of drug-likeness (QED) is 0.492. The van der Waals surface area contributed by atoms with Crippen LogP contribution in [0.2, 0.25) is 0 Å². The molecule has 0 spiro atoms. The van der Waals surface area contributed by atoms with Gasteiger partial charge in [-0.3, -0.25) is 4.57 Å². The number of fused-ring (bicyclic) bond motifs is 3. The van der Waals surface area contributed by atoms with Gasteiger partial charge in [0.15, 0.2) is 17.7 Å². The van der Waals surface area contributed by atoms with E-state index in [2.05, 4.69) is 15.0 Å². The first-order valence-corrected chi connectivity index (χ1v) is 6.39. The van der Waals surface area contributed by atoms with Crippen molar-refractivity contribution in [2.45, 2.75) is 24.0 Å². The number of aliphatic hydroxyl groups excluding tert-OH is 2. The molecule has 0 radical (unpaired) electrons. The Kier molecular flexibility index (Phi) is 2.43. The number of hydrogen-bond acceptors (Lipinski definition) is 9. The molecule has 0 saturated carbocycles. The molecule has 112 valence electrons. The number of nitrogens with two attached hydrogens (primary N) is 2. The topological polar surface area (TPSA) is 155 Å². The molecule has 2 saturated heterocycles. The Bertz CT molecular complexity index is 720. The molecule has 2 aliphatic heterocycles. The van der Waals surface area contributed by atoms with Gasteiger partial charge in [-0.1, -0.05) is 0 Å².